The first kappa shape index (κ1) is 11.5. The van der Waals surface area contributed by atoms with Crippen molar-refractivity contribution in [1.29, 1.82) is 0 Å². The van der Waals surface area contributed by atoms with E-state index in [9.17, 15) is 9.59 Å². The highest BCUT2D eigenvalue weighted by Gasteiger charge is 2.01. The largest absolute Gasteiger partial charge is 0.468 e. The second-order valence-corrected chi connectivity index (χ2v) is 3.72. The molecule has 3 nitrogen and oxygen atoms in total. The minimum atomic E-state index is -0.357. The summed E-state index contributed by atoms with van der Waals surface area (Å²) in [7, 11) is 1.32. The fraction of sp³-hybridized carbons (Fsp3) is 0.273. The molecule has 0 aliphatic heterocycles. The fourth-order valence-corrected chi connectivity index (χ4v) is 1.62. The molecule has 0 bridgehead atoms. The first-order valence-electron chi connectivity index (χ1n) is 4.28. The van der Waals surface area contributed by atoms with E-state index in [1.165, 1.54) is 25.4 Å². The standard InChI is InChI=1S/C11H10O3S/c1-8(12)10-6-9(7-15-10)4-3-5-11(13)14-2/h6-7H,5H2,1-2H3. The van der Waals surface area contributed by atoms with Gasteiger partial charge in [-0.2, -0.15) is 0 Å². The van der Waals surface area contributed by atoms with Crippen LogP contribution in [0.4, 0.5) is 0 Å². The molecule has 4 heteroatoms. The van der Waals surface area contributed by atoms with Crippen molar-refractivity contribution in [3.63, 3.8) is 0 Å². The number of ether oxygens (including phenoxy) is 1. The zero-order valence-electron chi connectivity index (χ0n) is 8.49. The van der Waals surface area contributed by atoms with Crippen molar-refractivity contribution in [3.05, 3.63) is 21.9 Å². The molecule has 0 radical (unpaired) electrons. The van der Waals surface area contributed by atoms with Crippen LogP contribution in [0.3, 0.4) is 0 Å². The van der Waals surface area contributed by atoms with E-state index >= 15 is 0 Å². The van der Waals surface area contributed by atoms with Crippen LogP contribution >= 0.6 is 11.3 Å². The van der Waals surface area contributed by atoms with Gasteiger partial charge in [0.15, 0.2) is 5.78 Å². The van der Waals surface area contributed by atoms with E-state index in [1.54, 1.807) is 11.4 Å². The summed E-state index contributed by atoms with van der Waals surface area (Å²) in [4.78, 5) is 22.4. The first-order valence-corrected chi connectivity index (χ1v) is 5.16. The zero-order valence-corrected chi connectivity index (χ0v) is 9.31. The van der Waals surface area contributed by atoms with Gasteiger partial charge in [0.2, 0.25) is 0 Å². The van der Waals surface area contributed by atoms with E-state index in [1.807, 2.05) is 0 Å². The predicted octanol–water partition coefficient (Wildman–Crippen LogP) is 1.87. The quantitative estimate of drug-likeness (QED) is 0.436. The average molecular weight is 222 g/mol. The lowest BCUT2D eigenvalue weighted by atomic mass is 10.2. The molecule has 0 fully saturated rings. The van der Waals surface area contributed by atoms with Gasteiger partial charge in [0.1, 0.15) is 6.42 Å². The predicted molar refractivity (Wildman–Crippen MR) is 57.8 cm³/mol. The molecule has 1 aromatic rings. The van der Waals surface area contributed by atoms with Crippen LogP contribution in [-0.2, 0) is 9.53 Å². The van der Waals surface area contributed by atoms with Gasteiger partial charge in [0.05, 0.1) is 12.0 Å². The van der Waals surface area contributed by atoms with Gasteiger partial charge in [-0.25, -0.2) is 0 Å². The minimum absolute atomic E-state index is 0.0287. The van der Waals surface area contributed by atoms with E-state index in [0.29, 0.717) is 4.88 Å². The van der Waals surface area contributed by atoms with Gasteiger partial charge in [0.25, 0.3) is 0 Å². The van der Waals surface area contributed by atoms with Crippen molar-refractivity contribution in [1.82, 2.24) is 0 Å². The maximum atomic E-state index is 11.0. The van der Waals surface area contributed by atoms with Gasteiger partial charge >= 0.3 is 5.97 Å². The second-order valence-electron chi connectivity index (χ2n) is 2.81. The number of thiophene rings is 1. The summed E-state index contributed by atoms with van der Waals surface area (Å²) >= 11 is 1.35. The van der Waals surface area contributed by atoms with Crippen LogP contribution in [-0.4, -0.2) is 18.9 Å². The molecule has 0 atom stereocenters. The maximum absolute atomic E-state index is 11.0. The molecule has 0 spiro atoms. The lowest BCUT2D eigenvalue weighted by Gasteiger charge is -1.88. The Morgan fingerprint density at radius 2 is 2.27 bits per heavy atom. The van der Waals surface area contributed by atoms with E-state index in [-0.39, 0.29) is 18.2 Å². The van der Waals surface area contributed by atoms with Gasteiger partial charge in [0, 0.05) is 10.9 Å². The summed E-state index contributed by atoms with van der Waals surface area (Å²) in [6.45, 7) is 1.51. The van der Waals surface area contributed by atoms with E-state index in [2.05, 4.69) is 16.6 Å². The SMILES string of the molecule is COC(=O)CC#Cc1csc(C(C)=O)c1. The molecule has 15 heavy (non-hydrogen) atoms. The van der Waals surface area contributed by atoms with Crippen molar-refractivity contribution in [2.45, 2.75) is 13.3 Å². The normalized spacial score (nSPS) is 8.93. The Kier molecular flexibility index (Phi) is 4.07. The molecule has 0 unspecified atom stereocenters. The van der Waals surface area contributed by atoms with Gasteiger partial charge in [-0.1, -0.05) is 11.8 Å². The highest BCUT2D eigenvalue weighted by Crippen LogP contribution is 2.13. The van der Waals surface area contributed by atoms with Gasteiger partial charge in [-0.05, 0) is 13.0 Å². The number of ketones is 1. The molecule has 0 aliphatic carbocycles. The number of methoxy groups -OCH3 is 1. The van der Waals surface area contributed by atoms with Crippen LogP contribution in [0.1, 0.15) is 28.6 Å². The molecule has 1 rings (SSSR count). The van der Waals surface area contributed by atoms with E-state index < -0.39 is 0 Å². The molecule has 0 aliphatic rings. The number of hydrogen-bond donors (Lipinski definition) is 0. The summed E-state index contributed by atoms with van der Waals surface area (Å²) in [5.74, 6) is 5.14. The third-order valence-electron chi connectivity index (χ3n) is 1.64. The van der Waals surface area contributed by atoms with E-state index in [4.69, 9.17) is 0 Å². The second kappa shape index (κ2) is 5.32. The molecular formula is C11H10O3S. The molecule has 0 saturated carbocycles. The van der Waals surface area contributed by atoms with Crippen molar-refractivity contribution >= 4 is 23.1 Å². The van der Waals surface area contributed by atoms with Crippen LogP contribution in [0.25, 0.3) is 0 Å². The highest BCUT2D eigenvalue weighted by molar-refractivity contribution is 7.12. The Bertz CT molecular complexity index is 434. The van der Waals surface area contributed by atoms with Gasteiger partial charge in [-0.3, -0.25) is 9.59 Å². The van der Waals surface area contributed by atoms with Crippen LogP contribution in [0.15, 0.2) is 11.4 Å². The number of hydrogen-bond acceptors (Lipinski definition) is 4. The fourth-order valence-electron chi connectivity index (χ4n) is 0.877. The number of Topliss-reactive ketones (excluding diaryl/α,β-unsaturated/α-hetero) is 1. The van der Waals surface area contributed by atoms with Crippen molar-refractivity contribution in [2.24, 2.45) is 0 Å². The Morgan fingerprint density at radius 3 is 2.80 bits per heavy atom. The van der Waals surface area contributed by atoms with Gasteiger partial charge < -0.3 is 4.74 Å². The Morgan fingerprint density at radius 1 is 1.53 bits per heavy atom. The highest BCUT2D eigenvalue weighted by atomic mass is 32.1. The van der Waals surface area contributed by atoms with Crippen LogP contribution in [0.5, 0.6) is 0 Å². The molecule has 1 aromatic heterocycles. The summed E-state index contributed by atoms with van der Waals surface area (Å²) in [6, 6.07) is 1.72. The molecule has 78 valence electrons. The molecule has 0 N–H and O–H groups in total. The third-order valence-corrected chi connectivity index (χ3v) is 2.67. The molecule has 0 saturated heterocycles. The summed E-state index contributed by atoms with van der Waals surface area (Å²) < 4.78 is 4.44. The molecule has 0 aromatic carbocycles. The average Bonchev–Trinajstić information content (AvgIpc) is 2.66. The lowest BCUT2D eigenvalue weighted by Crippen LogP contribution is -1.96. The number of carbonyl (C=O) groups excluding carboxylic acids is 2. The number of rotatable bonds is 2. The summed E-state index contributed by atoms with van der Waals surface area (Å²) in [5.41, 5.74) is 0.758. The van der Waals surface area contributed by atoms with Gasteiger partial charge in [-0.15, -0.1) is 11.3 Å². The van der Waals surface area contributed by atoms with Crippen LogP contribution in [0.2, 0.25) is 0 Å². The van der Waals surface area contributed by atoms with Crippen LogP contribution in [0, 0.1) is 11.8 Å². The van der Waals surface area contributed by atoms with Crippen molar-refractivity contribution in [2.75, 3.05) is 7.11 Å². The minimum Gasteiger partial charge on any atom is -0.468 e. The zero-order chi connectivity index (χ0) is 11.3. The topological polar surface area (TPSA) is 43.4 Å². The lowest BCUT2D eigenvalue weighted by molar-refractivity contribution is -0.139. The Labute approximate surface area is 92.1 Å². The molecule has 0 amide bonds. The van der Waals surface area contributed by atoms with Crippen molar-refractivity contribution < 1.29 is 14.3 Å². The first-order chi connectivity index (χ1) is 7.13. The molecular weight excluding hydrogens is 212 g/mol. The number of carbonyl (C=O) groups is 2. The summed E-state index contributed by atoms with van der Waals surface area (Å²) in [5, 5.41) is 1.79. The monoisotopic (exact) mass is 222 g/mol. The smallest absolute Gasteiger partial charge is 0.317 e. The third kappa shape index (κ3) is 3.56. The maximum Gasteiger partial charge on any atom is 0.317 e. The Balaban J connectivity index is 2.64. The summed E-state index contributed by atoms with van der Waals surface area (Å²) in [6.07, 6.45) is 0.0712. The number of esters is 1. The molecule has 1 heterocycles. The van der Waals surface area contributed by atoms with Crippen LogP contribution < -0.4 is 0 Å². The van der Waals surface area contributed by atoms with E-state index in [0.717, 1.165) is 5.56 Å². The Hall–Kier alpha value is -1.60. The van der Waals surface area contributed by atoms with Crippen molar-refractivity contribution in [3.8, 4) is 11.8 Å².